The van der Waals surface area contributed by atoms with Gasteiger partial charge in [-0.25, -0.2) is 0 Å². The third-order valence-electron chi connectivity index (χ3n) is 4.80. The van der Waals surface area contributed by atoms with Crippen LogP contribution in [0, 0.1) is 0 Å². The third kappa shape index (κ3) is 11.7. The van der Waals surface area contributed by atoms with E-state index in [0.29, 0.717) is 0 Å². The van der Waals surface area contributed by atoms with Crippen molar-refractivity contribution in [3.8, 4) is 0 Å². The summed E-state index contributed by atoms with van der Waals surface area (Å²) in [4.78, 5) is 22.3. The van der Waals surface area contributed by atoms with Gasteiger partial charge in [-0.15, -0.1) is 0 Å². The Kier molecular flexibility index (Phi) is 12.9. The number of nitrogens with one attached hydrogen (secondary N) is 1. The SMILES string of the molecule is CCCCCCCCCCCCCCCCNC1=CC(=O)C(=O)C=C1. The molecule has 3 heteroatoms. The molecule has 25 heavy (non-hydrogen) atoms. The highest BCUT2D eigenvalue weighted by Crippen LogP contribution is 2.13. The van der Waals surface area contributed by atoms with Crippen molar-refractivity contribution >= 4 is 11.6 Å². The summed E-state index contributed by atoms with van der Waals surface area (Å²) in [7, 11) is 0. The minimum atomic E-state index is -0.429. The Morgan fingerprint density at radius 2 is 1.12 bits per heavy atom. The van der Waals surface area contributed by atoms with Gasteiger partial charge in [-0.1, -0.05) is 90.4 Å². The van der Waals surface area contributed by atoms with E-state index in [1.807, 2.05) is 0 Å². The summed E-state index contributed by atoms with van der Waals surface area (Å²) in [6, 6.07) is 0. The van der Waals surface area contributed by atoms with E-state index in [9.17, 15) is 9.59 Å². The average molecular weight is 348 g/mol. The van der Waals surface area contributed by atoms with Crippen molar-refractivity contribution in [2.45, 2.75) is 96.8 Å². The highest BCUT2D eigenvalue weighted by Gasteiger charge is 2.12. The molecule has 0 aliphatic heterocycles. The maximum atomic E-state index is 11.2. The van der Waals surface area contributed by atoms with Crippen LogP contribution in [0.3, 0.4) is 0 Å². The molecule has 0 radical (unpaired) electrons. The van der Waals surface area contributed by atoms with E-state index in [1.165, 1.54) is 95.6 Å². The van der Waals surface area contributed by atoms with Gasteiger partial charge >= 0.3 is 0 Å². The lowest BCUT2D eigenvalue weighted by Gasteiger charge is -2.09. The number of carbonyl (C=O) groups is 2. The first-order valence-electron chi connectivity index (χ1n) is 10.5. The summed E-state index contributed by atoms with van der Waals surface area (Å²) in [5.74, 6) is -0.854. The van der Waals surface area contributed by atoms with Gasteiger partial charge in [0.15, 0.2) is 0 Å². The summed E-state index contributed by atoms with van der Waals surface area (Å²) in [6.07, 6.45) is 23.4. The fourth-order valence-corrected chi connectivity index (χ4v) is 3.17. The van der Waals surface area contributed by atoms with Crippen molar-refractivity contribution < 1.29 is 9.59 Å². The predicted molar refractivity (Wildman–Crippen MR) is 106 cm³/mol. The molecule has 1 rings (SSSR count). The summed E-state index contributed by atoms with van der Waals surface area (Å²) < 4.78 is 0. The molecule has 1 N–H and O–H groups in total. The van der Waals surface area contributed by atoms with Crippen LogP contribution in [-0.4, -0.2) is 18.1 Å². The van der Waals surface area contributed by atoms with Crippen LogP contribution in [0.2, 0.25) is 0 Å². The molecule has 0 unspecified atom stereocenters. The maximum absolute atomic E-state index is 11.2. The minimum absolute atomic E-state index is 0.425. The topological polar surface area (TPSA) is 46.2 Å². The zero-order chi connectivity index (χ0) is 18.2. The monoisotopic (exact) mass is 347 g/mol. The molecule has 142 valence electrons. The Hall–Kier alpha value is -1.38. The zero-order valence-corrected chi connectivity index (χ0v) is 16.2. The van der Waals surface area contributed by atoms with Crippen molar-refractivity contribution in [1.82, 2.24) is 5.32 Å². The average Bonchev–Trinajstić information content (AvgIpc) is 2.61. The van der Waals surface area contributed by atoms with Gasteiger partial charge in [0.05, 0.1) is 0 Å². The molecule has 0 atom stereocenters. The van der Waals surface area contributed by atoms with Gasteiger partial charge in [0.25, 0.3) is 0 Å². The molecule has 0 aromatic rings. The Balaban J connectivity index is 1.79. The molecule has 1 aliphatic carbocycles. The first-order valence-corrected chi connectivity index (χ1v) is 10.5. The molecule has 0 fully saturated rings. The van der Waals surface area contributed by atoms with Crippen LogP contribution in [0.1, 0.15) is 96.8 Å². The fourth-order valence-electron chi connectivity index (χ4n) is 3.17. The first kappa shape index (κ1) is 21.7. The zero-order valence-electron chi connectivity index (χ0n) is 16.2. The molecule has 0 bridgehead atoms. The molecule has 0 spiro atoms. The second-order valence-electron chi connectivity index (χ2n) is 7.18. The highest BCUT2D eigenvalue weighted by molar-refractivity contribution is 6.46. The smallest absolute Gasteiger partial charge is 0.227 e. The largest absolute Gasteiger partial charge is 0.385 e. The number of allylic oxidation sites excluding steroid dienone is 3. The lowest BCUT2D eigenvalue weighted by Crippen LogP contribution is -2.20. The Morgan fingerprint density at radius 3 is 1.60 bits per heavy atom. The van der Waals surface area contributed by atoms with Crippen molar-refractivity contribution in [2.75, 3.05) is 6.54 Å². The summed E-state index contributed by atoms with van der Waals surface area (Å²) in [5.41, 5.74) is 0.763. The van der Waals surface area contributed by atoms with E-state index in [1.54, 1.807) is 6.08 Å². The molecule has 0 saturated heterocycles. The van der Waals surface area contributed by atoms with Gasteiger partial charge in [0.1, 0.15) is 0 Å². The second-order valence-corrected chi connectivity index (χ2v) is 7.18. The van der Waals surface area contributed by atoms with Crippen LogP contribution in [0.4, 0.5) is 0 Å². The highest BCUT2D eigenvalue weighted by atomic mass is 16.2. The van der Waals surface area contributed by atoms with Crippen molar-refractivity contribution in [2.24, 2.45) is 0 Å². The number of ketones is 2. The fraction of sp³-hybridized carbons (Fsp3) is 0.727. The normalized spacial score (nSPS) is 14.0. The van der Waals surface area contributed by atoms with Crippen LogP contribution in [-0.2, 0) is 9.59 Å². The third-order valence-corrected chi connectivity index (χ3v) is 4.80. The second kappa shape index (κ2) is 14.9. The molecule has 0 aromatic carbocycles. The quantitative estimate of drug-likeness (QED) is 0.223. The van der Waals surface area contributed by atoms with Crippen molar-refractivity contribution in [3.05, 3.63) is 23.9 Å². The molecule has 0 heterocycles. The Morgan fingerprint density at radius 1 is 0.640 bits per heavy atom. The van der Waals surface area contributed by atoms with E-state index in [4.69, 9.17) is 0 Å². The first-order chi connectivity index (χ1) is 12.2. The van der Waals surface area contributed by atoms with Crippen LogP contribution in [0.25, 0.3) is 0 Å². The standard InChI is InChI=1S/C22H37NO2/c1-2-3-4-5-6-7-8-9-10-11-12-13-14-15-18-23-20-16-17-21(24)22(25)19-20/h16-17,19,23H,2-15,18H2,1H3. The van der Waals surface area contributed by atoms with Gasteiger partial charge in [-0.2, -0.15) is 0 Å². The van der Waals surface area contributed by atoms with Gasteiger partial charge in [0, 0.05) is 18.3 Å². The maximum Gasteiger partial charge on any atom is 0.227 e. The molecule has 0 aromatic heterocycles. The lowest BCUT2D eigenvalue weighted by atomic mass is 10.0. The summed E-state index contributed by atoms with van der Waals surface area (Å²) in [6.45, 7) is 3.14. The molecule has 1 aliphatic rings. The number of rotatable bonds is 16. The van der Waals surface area contributed by atoms with E-state index in [2.05, 4.69) is 12.2 Å². The molecule has 0 saturated carbocycles. The molecule has 0 amide bonds. The minimum Gasteiger partial charge on any atom is -0.385 e. The van der Waals surface area contributed by atoms with Crippen LogP contribution >= 0.6 is 0 Å². The molecule has 3 nitrogen and oxygen atoms in total. The van der Waals surface area contributed by atoms with Gasteiger partial charge in [-0.05, 0) is 18.6 Å². The predicted octanol–water partition coefficient (Wildman–Crippen LogP) is 5.65. The van der Waals surface area contributed by atoms with Gasteiger partial charge in [0.2, 0.25) is 11.6 Å². The molecular weight excluding hydrogens is 310 g/mol. The van der Waals surface area contributed by atoms with E-state index in [0.717, 1.165) is 18.7 Å². The number of unbranched alkanes of at least 4 members (excludes halogenated alkanes) is 13. The Bertz CT molecular complexity index is 437. The number of hydrogen-bond acceptors (Lipinski definition) is 3. The van der Waals surface area contributed by atoms with Crippen LogP contribution in [0.15, 0.2) is 23.9 Å². The van der Waals surface area contributed by atoms with Crippen LogP contribution in [0.5, 0.6) is 0 Å². The van der Waals surface area contributed by atoms with E-state index in [-0.39, 0.29) is 0 Å². The number of hydrogen-bond donors (Lipinski definition) is 1. The Labute approximate surface area is 154 Å². The summed E-state index contributed by atoms with van der Waals surface area (Å²) in [5, 5.41) is 3.22. The van der Waals surface area contributed by atoms with Crippen molar-refractivity contribution in [3.63, 3.8) is 0 Å². The lowest BCUT2D eigenvalue weighted by molar-refractivity contribution is -0.131. The van der Waals surface area contributed by atoms with Gasteiger partial charge in [-0.3, -0.25) is 9.59 Å². The van der Waals surface area contributed by atoms with E-state index < -0.39 is 11.6 Å². The van der Waals surface area contributed by atoms with Crippen molar-refractivity contribution in [1.29, 1.82) is 0 Å². The van der Waals surface area contributed by atoms with E-state index >= 15 is 0 Å². The summed E-state index contributed by atoms with van der Waals surface area (Å²) >= 11 is 0. The molecular formula is C22H37NO2. The number of carbonyl (C=O) groups excluding carboxylic acids is 2. The van der Waals surface area contributed by atoms with Crippen LogP contribution < -0.4 is 5.32 Å². The van der Waals surface area contributed by atoms with Gasteiger partial charge < -0.3 is 5.32 Å².